The monoisotopic (exact) mass is 547 g/mol. The molecule has 1 aliphatic heterocycles. The largest absolute Gasteiger partial charge is 0.493 e. The molecule has 2 heterocycles. The van der Waals surface area contributed by atoms with Crippen LogP contribution in [0.1, 0.15) is 83.2 Å². The SMILES string of the molecule is CCCCCCOc1c(Br)cc(C2C(C(=O)OC3CCCCC3)=C(C)Nc3nnnn32)cc1OC. The first-order valence-electron chi connectivity index (χ1n) is 12.5. The number of rotatable bonds is 10. The Balaban J connectivity index is 1.64. The topological polar surface area (TPSA) is 100 Å². The van der Waals surface area contributed by atoms with Crippen molar-refractivity contribution in [2.75, 3.05) is 19.0 Å². The summed E-state index contributed by atoms with van der Waals surface area (Å²) in [6.45, 7) is 4.64. The number of halogens is 1. The number of nitrogens with zero attached hydrogens (tertiary/aromatic N) is 4. The average Bonchev–Trinajstić information content (AvgIpc) is 3.32. The van der Waals surface area contributed by atoms with Crippen molar-refractivity contribution in [2.45, 2.75) is 83.8 Å². The van der Waals surface area contributed by atoms with E-state index in [0.717, 1.165) is 48.6 Å². The highest BCUT2D eigenvalue weighted by molar-refractivity contribution is 9.10. The Morgan fingerprint density at radius 1 is 1.20 bits per heavy atom. The van der Waals surface area contributed by atoms with E-state index in [9.17, 15) is 4.79 Å². The van der Waals surface area contributed by atoms with Crippen LogP contribution in [0.3, 0.4) is 0 Å². The van der Waals surface area contributed by atoms with Gasteiger partial charge in [-0.15, -0.1) is 0 Å². The highest BCUT2D eigenvalue weighted by Crippen LogP contribution is 2.43. The van der Waals surface area contributed by atoms with Gasteiger partial charge in [0.15, 0.2) is 11.5 Å². The highest BCUT2D eigenvalue weighted by Gasteiger charge is 2.37. The number of aromatic nitrogens is 4. The molecule has 2 aliphatic rings. The number of tetrazole rings is 1. The molecule has 0 radical (unpaired) electrons. The Morgan fingerprint density at radius 2 is 2.00 bits per heavy atom. The van der Waals surface area contributed by atoms with E-state index in [2.05, 4.69) is 43.7 Å². The standard InChI is InChI=1S/C25H34BrN5O4/c1-4-5-6-10-13-34-23-19(26)14-17(15-20(23)33-3)22-21(16(2)27-25-28-29-30-31(22)25)24(32)35-18-11-8-7-9-12-18/h14-15,18,22H,4-13H2,1-3H3,(H,27,28,30). The molecule has 1 aliphatic carbocycles. The fraction of sp³-hybridized carbons (Fsp3) is 0.600. The van der Waals surface area contributed by atoms with Gasteiger partial charge in [-0.3, -0.25) is 0 Å². The number of methoxy groups -OCH3 is 1. The molecule has 0 saturated heterocycles. The van der Waals surface area contributed by atoms with Gasteiger partial charge in [0, 0.05) is 5.70 Å². The van der Waals surface area contributed by atoms with Crippen LogP contribution in [0.4, 0.5) is 5.95 Å². The number of anilines is 1. The molecule has 10 heteroatoms. The van der Waals surface area contributed by atoms with Gasteiger partial charge in [0.05, 0.1) is 23.8 Å². The summed E-state index contributed by atoms with van der Waals surface area (Å²) < 4.78 is 20.1. The lowest BCUT2D eigenvalue weighted by atomic mass is 9.94. The smallest absolute Gasteiger partial charge is 0.338 e. The number of carbonyl (C=O) groups is 1. The van der Waals surface area contributed by atoms with E-state index >= 15 is 0 Å². The molecule has 35 heavy (non-hydrogen) atoms. The number of benzene rings is 1. The van der Waals surface area contributed by atoms with Crippen LogP contribution in [0.5, 0.6) is 11.5 Å². The predicted octanol–water partition coefficient (Wildman–Crippen LogP) is 5.57. The molecule has 1 atom stereocenters. The first kappa shape index (κ1) is 25.5. The number of hydrogen-bond acceptors (Lipinski definition) is 8. The minimum Gasteiger partial charge on any atom is -0.493 e. The number of ether oxygens (including phenoxy) is 3. The van der Waals surface area contributed by atoms with Crippen LogP contribution in [0.2, 0.25) is 0 Å². The lowest BCUT2D eigenvalue weighted by Gasteiger charge is -2.30. The van der Waals surface area contributed by atoms with Gasteiger partial charge in [0.1, 0.15) is 12.1 Å². The van der Waals surface area contributed by atoms with Crippen molar-refractivity contribution >= 4 is 27.8 Å². The molecule has 1 aromatic heterocycles. The summed E-state index contributed by atoms with van der Waals surface area (Å²) in [5, 5.41) is 15.2. The van der Waals surface area contributed by atoms with Crippen LogP contribution in [-0.4, -0.2) is 46.0 Å². The Hall–Kier alpha value is -2.62. The maximum Gasteiger partial charge on any atom is 0.338 e. The second-order valence-electron chi connectivity index (χ2n) is 9.12. The van der Waals surface area contributed by atoms with E-state index in [-0.39, 0.29) is 12.1 Å². The van der Waals surface area contributed by atoms with Crippen molar-refractivity contribution in [1.29, 1.82) is 0 Å². The molecule has 1 N–H and O–H groups in total. The quantitative estimate of drug-likeness (QED) is 0.304. The molecular weight excluding hydrogens is 514 g/mol. The summed E-state index contributed by atoms with van der Waals surface area (Å²) in [6.07, 6.45) is 9.57. The Bertz CT molecular complexity index is 1060. The van der Waals surface area contributed by atoms with Crippen LogP contribution in [0, 0.1) is 0 Å². The first-order valence-corrected chi connectivity index (χ1v) is 13.3. The van der Waals surface area contributed by atoms with Crippen LogP contribution in [0.25, 0.3) is 0 Å². The zero-order valence-corrected chi connectivity index (χ0v) is 22.3. The molecule has 2 aromatic rings. The fourth-order valence-electron chi connectivity index (χ4n) is 4.72. The van der Waals surface area contributed by atoms with Gasteiger partial charge in [0.25, 0.3) is 0 Å². The zero-order chi connectivity index (χ0) is 24.8. The normalized spacial score (nSPS) is 18.1. The fourth-order valence-corrected chi connectivity index (χ4v) is 5.30. The number of esters is 1. The van der Waals surface area contributed by atoms with Crippen LogP contribution >= 0.6 is 15.9 Å². The molecule has 0 amide bonds. The Morgan fingerprint density at radius 3 is 2.74 bits per heavy atom. The van der Waals surface area contributed by atoms with Gasteiger partial charge < -0.3 is 19.5 Å². The molecule has 1 aromatic carbocycles. The molecule has 190 valence electrons. The Kier molecular flexibility index (Phi) is 8.64. The van der Waals surface area contributed by atoms with Gasteiger partial charge >= 0.3 is 5.97 Å². The minimum atomic E-state index is -0.568. The third-order valence-corrected chi connectivity index (χ3v) is 7.16. The Labute approximate surface area is 214 Å². The summed E-state index contributed by atoms with van der Waals surface area (Å²) in [5.74, 6) is 1.34. The van der Waals surface area contributed by atoms with E-state index in [0.29, 0.717) is 35.3 Å². The van der Waals surface area contributed by atoms with E-state index in [1.54, 1.807) is 11.8 Å². The molecule has 4 rings (SSSR count). The number of carbonyl (C=O) groups excluding carboxylic acids is 1. The number of hydrogen-bond donors (Lipinski definition) is 1. The lowest BCUT2D eigenvalue weighted by Crippen LogP contribution is -2.32. The third kappa shape index (κ3) is 5.79. The van der Waals surface area contributed by atoms with Gasteiger partial charge in [-0.05, 0) is 83.1 Å². The number of allylic oxidation sites excluding steroid dienone is 1. The summed E-state index contributed by atoms with van der Waals surface area (Å²) in [7, 11) is 1.61. The van der Waals surface area contributed by atoms with Crippen molar-refractivity contribution in [2.24, 2.45) is 0 Å². The summed E-state index contributed by atoms with van der Waals surface area (Å²) in [5.41, 5.74) is 1.94. The number of fused-ring (bicyclic) bond motifs is 1. The predicted molar refractivity (Wildman–Crippen MR) is 136 cm³/mol. The molecule has 1 saturated carbocycles. The molecule has 0 spiro atoms. The van der Waals surface area contributed by atoms with Crippen molar-refractivity contribution in [1.82, 2.24) is 20.2 Å². The lowest BCUT2D eigenvalue weighted by molar-refractivity contribution is -0.146. The summed E-state index contributed by atoms with van der Waals surface area (Å²) >= 11 is 3.66. The van der Waals surface area contributed by atoms with Crippen molar-refractivity contribution in [3.05, 3.63) is 33.4 Å². The van der Waals surface area contributed by atoms with Crippen LogP contribution in [0.15, 0.2) is 27.9 Å². The van der Waals surface area contributed by atoms with E-state index in [4.69, 9.17) is 14.2 Å². The van der Waals surface area contributed by atoms with Gasteiger partial charge in [-0.1, -0.05) is 37.7 Å². The second-order valence-corrected chi connectivity index (χ2v) is 9.98. The van der Waals surface area contributed by atoms with Crippen molar-refractivity contribution in [3.63, 3.8) is 0 Å². The maximum absolute atomic E-state index is 13.5. The second kappa shape index (κ2) is 11.9. The first-order chi connectivity index (χ1) is 17.0. The van der Waals surface area contributed by atoms with E-state index in [1.165, 1.54) is 19.3 Å². The summed E-state index contributed by atoms with van der Waals surface area (Å²) in [4.78, 5) is 13.5. The molecule has 1 unspecified atom stereocenters. The highest BCUT2D eigenvalue weighted by atomic mass is 79.9. The van der Waals surface area contributed by atoms with Gasteiger partial charge in [-0.2, -0.15) is 4.68 Å². The minimum absolute atomic E-state index is 0.0581. The van der Waals surface area contributed by atoms with Crippen molar-refractivity contribution < 1.29 is 19.0 Å². The van der Waals surface area contributed by atoms with Gasteiger partial charge in [-0.25, -0.2) is 4.79 Å². The van der Waals surface area contributed by atoms with E-state index in [1.807, 2.05) is 19.1 Å². The van der Waals surface area contributed by atoms with Gasteiger partial charge in [0.2, 0.25) is 5.95 Å². The molecule has 9 nitrogen and oxygen atoms in total. The number of unbranched alkanes of at least 4 members (excludes halogenated alkanes) is 3. The molecule has 0 bridgehead atoms. The molecular formula is C25H34BrN5O4. The maximum atomic E-state index is 13.5. The number of nitrogens with one attached hydrogen (secondary N) is 1. The average molecular weight is 548 g/mol. The van der Waals surface area contributed by atoms with Crippen LogP contribution in [-0.2, 0) is 9.53 Å². The zero-order valence-electron chi connectivity index (χ0n) is 20.7. The van der Waals surface area contributed by atoms with Crippen molar-refractivity contribution in [3.8, 4) is 11.5 Å². The molecule has 1 fully saturated rings. The third-order valence-electron chi connectivity index (χ3n) is 6.57. The van der Waals surface area contributed by atoms with E-state index < -0.39 is 6.04 Å². The van der Waals surface area contributed by atoms with Crippen LogP contribution < -0.4 is 14.8 Å². The summed E-state index contributed by atoms with van der Waals surface area (Å²) in [6, 6.07) is 3.25.